The number of hydroxylamine groups is 1. The maximum absolute atomic E-state index is 5.53. The molecule has 1 aromatic carbocycles. The van der Waals surface area contributed by atoms with Crippen molar-refractivity contribution in [3.8, 4) is 0 Å². The molecule has 1 fully saturated rings. The molecule has 0 amide bonds. The summed E-state index contributed by atoms with van der Waals surface area (Å²) in [6, 6.07) is 6.13. The Bertz CT molecular complexity index is 521. The Labute approximate surface area is 93.8 Å². The molecule has 3 rings (SSSR count). The summed E-state index contributed by atoms with van der Waals surface area (Å²) in [5.74, 6) is 0.881. The zero-order valence-corrected chi connectivity index (χ0v) is 9.18. The van der Waals surface area contributed by atoms with Gasteiger partial charge >= 0.3 is 0 Å². The van der Waals surface area contributed by atoms with Crippen LogP contribution in [0.3, 0.4) is 0 Å². The molecule has 1 aliphatic rings. The van der Waals surface area contributed by atoms with Crippen LogP contribution < -0.4 is 5.06 Å². The van der Waals surface area contributed by atoms with E-state index in [1.807, 2.05) is 17.2 Å². The number of benzene rings is 1. The fraction of sp³-hybridized carbons (Fsp3) is 0.333. The summed E-state index contributed by atoms with van der Waals surface area (Å²) in [5, 5.41) is 2.92. The van der Waals surface area contributed by atoms with Gasteiger partial charge < -0.3 is 0 Å². The van der Waals surface area contributed by atoms with Crippen molar-refractivity contribution in [2.45, 2.75) is 13.3 Å². The van der Waals surface area contributed by atoms with Crippen molar-refractivity contribution in [3.05, 3.63) is 30.1 Å². The first-order chi connectivity index (χ1) is 7.86. The number of hydrogen-bond acceptors (Lipinski definition) is 4. The van der Waals surface area contributed by atoms with E-state index in [0.29, 0.717) is 0 Å². The van der Waals surface area contributed by atoms with Crippen molar-refractivity contribution in [2.75, 3.05) is 18.2 Å². The van der Waals surface area contributed by atoms with E-state index in [0.717, 1.165) is 36.3 Å². The number of para-hydroxylation sites is 1. The van der Waals surface area contributed by atoms with Crippen molar-refractivity contribution in [2.24, 2.45) is 0 Å². The van der Waals surface area contributed by atoms with Crippen LogP contribution in [-0.4, -0.2) is 23.1 Å². The highest BCUT2D eigenvalue weighted by Gasteiger charge is 2.17. The quantitative estimate of drug-likeness (QED) is 0.730. The molecule has 0 saturated carbocycles. The molecule has 2 heterocycles. The maximum Gasteiger partial charge on any atom is 0.163 e. The van der Waals surface area contributed by atoms with Crippen molar-refractivity contribution in [3.63, 3.8) is 0 Å². The molecule has 0 spiro atoms. The van der Waals surface area contributed by atoms with Crippen LogP contribution in [0.5, 0.6) is 0 Å². The molecule has 0 unspecified atom stereocenters. The Hall–Kier alpha value is -1.68. The van der Waals surface area contributed by atoms with Gasteiger partial charge in [0.25, 0.3) is 0 Å². The third-order valence-electron chi connectivity index (χ3n) is 2.83. The van der Waals surface area contributed by atoms with Gasteiger partial charge in [-0.2, -0.15) is 0 Å². The van der Waals surface area contributed by atoms with Crippen molar-refractivity contribution in [1.29, 1.82) is 0 Å². The summed E-state index contributed by atoms with van der Waals surface area (Å²) < 4.78 is 0. The predicted octanol–water partition coefficient (Wildman–Crippen LogP) is 2.08. The number of aromatic nitrogens is 2. The van der Waals surface area contributed by atoms with E-state index in [1.165, 1.54) is 5.56 Å². The lowest BCUT2D eigenvalue weighted by molar-refractivity contribution is 0.167. The molecule has 16 heavy (non-hydrogen) atoms. The standard InChI is InChI=1S/C12H13N3O/c1-9-4-2-5-10-11(9)13-8-14-12(10)15-6-3-7-16-15/h2,4-5,8H,3,6-7H2,1H3. The highest BCUT2D eigenvalue weighted by Crippen LogP contribution is 2.26. The summed E-state index contributed by atoms with van der Waals surface area (Å²) in [6.45, 7) is 3.74. The van der Waals surface area contributed by atoms with Crippen LogP contribution in [0.15, 0.2) is 24.5 Å². The van der Waals surface area contributed by atoms with Gasteiger partial charge in [0.2, 0.25) is 0 Å². The molecule has 82 valence electrons. The highest BCUT2D eigenvalue weighted by atomic mass is 16.7. The molecular weight excluding hydrogens is 202 g/mol. The first kappa shape index (κ1) is 9.54. The summed E-state index contributed by atoms with van der Waals surface area (Å²) in [6.07, 6.45) is 2.66. The Kier molecular flexibility index (Phi) is 2.22. The van der Waals surface area contributed by atoms with Crippen molar-refractivity contribution in [1.82, 2.24) is 9.97 Å². The minimum absolute atomic E-state index is 0.775. The Morgan fingerprint density at radius 2 is 2.25 bits per heavy atom. The Morgan fingerprint density at radius 1 is 1.31 bits per heavy atom. The van der Waals surface area contributed by atoms with Gasteiger partial charge in [-0.05, 0) is 25.0 Å². The lowest BCUT2D eigenvalue weighted by Crippen LogP contribution is -2.18. The summed E-state index contributed by atoms with van der Waals surface area (Å²) >= 11 is 0. The molecule has 0 atom stereocenters. The zero-order valence-electron chi connectivity index (χ0n) is 9.18. The lowest BCUT2D eigenvalue weighted by atomic mass is 10.1. The van der Waals surface area contributed by atoms with Crippen LogP contribution in [0, 0.1) is 6.92 Å². The first-order valence-electron chi connectivity index (χ1n) is 5.47. The summed E-state index contributed by atoms with van der Waals surface area (Å²) in [7, 11) is 0. The number of hydrogen-bond donors (Lipinski definition) is 0. The van der Waals surface area contributed by atoms with Gasteiger partial charge in [0.05, 0.1) is 12.1 Å². The number of rotatable bonds is 1. The second-order valence-electron chi connectivity index (χ2n) is 3.96. The molecule has 2 aromatic rings. The van der Waals surface area contributed by atoms with E-state index in [9.17, 15) is 0 Å². The van der Waals surface area contributed by atoms with Gasteiger partial charge in [-0.25, -0.2) is 15.0 Å². The molecule has 1 aromatic heterocycles. The van der Waals surface area contributed by atoms with Gasteiger partial charge in [0, 0.05) is 11.9 Å². The lowest BCUT2D eigenvalue weighted by Gasteiger charge is -2.16. The van der Waals surface area contributed by atoms with Crippen LogP contribution in [0.1, 0.15) is 12.0 Å². The minimum atomic E-state index is 0.775. The van der Waals surface area contributed by atoms with Crippen LogP contribution in [0.25, 0.3) is 10.9 Å². The number of aryl methyl sites for hydroxylation is 1. The summed E-state index contributed by atoms with van der Waals surface area (Å²) in [5.41, 5.74) is 2.17. The van der Waals surface area contributed by atoms with E-state index in [1.54, 1.807) is 6.33 Å². The molecule has 0 radical (unpaired) electrons. The highest BCUT2D eigenvalue weighted by molar-refractivity contribution is 5.90. The van der Waals surface area contributed by atoms with Gasteiger partial charge in [0.1, 0.15) is 6.33 Å². The van der Waals surface area contributed by atoms with Crippen LogP contribution in [-0.2, 0) is 4.84 Å². The monoisotopic (exact) mass is 215 g/mol. The third kappa shape index (κ3) is 1.42. The second-order valence-corrected chi connectivity index (χ2v) is 3.96. The first-order valence-corrected chi connectivity index (χ1v) is 5.47. The Morgan fingerprint density at radius 3 is 3.06 bits per heavy atom. The summed E-state index contributed by atoms with van der Waals surface area (Å²) in [4.78, 5) is 14.2. The van der Waals surface area contributed by atoms with Crippen LogP contribution in [0.2, 0.25) is 0 Å². The van der Waals surface area contributed by atoms with E-state index < -0.39 is 0 Å². The van der Waals surface area contributed by atoms with E-state index in [4.69, 9.17) is 4.84 Å². The second kappa shape index (κ2) is 3.72. The predicted molar refractivity (Wildman–Crippen MR) is 62.2 cm³/mol. The van der Waals surface area contributed by atoms with E-state index >= 15 is 0 Å². The zero-order chi connectivity index (χ0) is 11.0. The molecule has 0 bridgehead atoms. The largest absolute Gasteiger partial charge is 0.272 e. The van der Waals surface area contributed by atoms with Gasteiger partial charge in [0.15, 0.2) is 5.82 Å². The fourth-order valence-corrected chi connectivity index (χ4v) is 2.03. The molecule has 4 heteroatoms. The van der Waals surface area contributed by atoms with Crippen LogP contribution >= 0.6 is 0 Å². The number of fused-ring (bicyclic) bond motifs is 1. The number of anilines is 1. The smallest absolute Gasteiger partial charge is 0.163 e. The molecule has 4 nitrogen and oxygen atoms in total. The SMILES string of the molecule is Cc1cccc2c(N3CCCO3)ncnc12. The molecular formula is C12H13N3O. The average Bonchev–Trinajstić information content (AvgIpc) is 2.82. The van der Waals surface area contributed by atoms with E-state index in [-0.39, 0.29) is 0 Å². The topological polar surface area (TPSA) is 38.2 Å². The average molecular weight is 215 g/mol. The van der Waals surface area contributed by atoms with Gasteiger partial charge in [-0.1, -0.05) is 12.1 Å². The number of nitrogens with zero attached hydrogens (tertiary/aromatic N) is 3. The third-order valence-corrected chi connectivity index (χ3v) is 2.83. The molecule has 0 aliphatic carbocycles. The normalized spacial score (nSPS) is 15.9. The van der Waals surface area contributed by atoms with E-state index in [2.05, 4.69) is 23.0 Å². The van der Waals surface area contributed by atoms with Crippen LogP contribution in [0.4, 0.5) is 5.82 Å². The van der Waals surface area contributed by atoms with Gasteiger partial charge in [-0.3, -0.25) is 4.84 Å². The van der Waals surface area contributed by atoms with Crippen molar-refractivity contribution < 1.29 is 4.84 Å². The van der Waals surface area contributed by atoms with Gasteiger partial charge in [-0.15, -0.1) is 0 Å². The van der Waals surface area contributed by atoms with Crippen molar-refractivity contribution >= 4 is 16.7 Å². The molecule has 0 N–H and O–H groups in total. The molecule has 1 aliphatic heterocycles. The minimum Gasteiger partial charge on any atom is -0.272 e. The maximum atomic E-state index is 5.53. The fourth-order valence-electron chi connectivity index (χ4n) is 2.03. The molecule has 1 saturated heterocycles. The Balaban J connectivity index is 2.20.